The van der Waals surface area contributed by atoms with Crippen LogP contribution in [0.2, 0.25) is 0 Å². The quantitative estimate of drug-likeness (QED) is 0.421. The van der Waals surface area contributed by atoms with E-state index in [1.807, 2.05) is 0 Å². The number of hydrogen-bond acceptors (Lipinski definition) is 2. The van der Waals surface area contributed by atoms with Gasteiger partial charge in [-0.3, -0.25) is 0 Å². The first kappa shape index (κ1) is 4.92. The lowest BCUT2D eigenvalue weighted by atomic mass is 10.7. The van der Waals surface area contributed by atoms with E-state index in [1.54, 1.807) is 0 Å². The number of hydrogen-bond donors (Lipinski definition) is 2. The molecule has 0 unspecified atom stereocenters. The molecule has 2 heteroatoms. The van der Waals surface area contributed by atoms with Crippen molar-refractivity contribution in [1.82, 2.24) is 5.32 Å². The van der Waals surface area contributed by atoms with Crippen molar-refractivity contribution in [2.24, 2.45) is 0 Å². The van der Waals surface area contributed by atoms with Crippen LogP contribution in [0.5, 0.6) is 0 Å². The Labute approximate surface area is 31.8 Å². The Morgan fingerprint density at radius 2 is 2.40 bits per heavy atom. The standard InChI is InChI=1S/C3H7NO/c1-4-2-3-5/h1,4-5H,2-3H2. The maximum atomic E-state index is 7.92. The third-order valence-electron chi connectivity index (χ3n) is 0.256. The van der Waals surface area contributed by atoms with Gasteiger partial charge in [0, 0.05) is 13.6 Å². The van der Waals surface area contributed by atoms with Crippen LogP contribution < -0.4 is 5.32 Å². The number of aliphatic hydroxyl groups excluding tert-OH is 1. The van der Waals surface area contributed by atoms with Crippen LogP contribution in [-0.4, -0.2) is 18.3 Å². The van der Waals surface area contributed by atoms with E-state index in [2.05, 4.69) is 5.32 Å². The molecule has 0 aliphatic rings. The van der Waals surface area contributed by atoms with E-state index in [4.69, 9.17) is 12.2 Å². The Hall–Kier alpha value is -0.0800. The zero-order valence-corrected chi connectivity index (χ0v) is 2.94. The summed E-state index contributed by atoms with van der Waals surface area (Å²) in [5.41, 5.74) is 0. The molecule has 0 fully saturated rings. The van der Waals surface area contributed by atoms with Gasteiger partial charge in [0.2, 0.25) is 0 Å². The Kier molecular flexibility index (Phi) is 3.86. The monoisotopic (exact) mass is 73.1 g/mol. The van der Waals surface area contributed by atoms with E-state index in [1.165, 1.54) is 0 Å². The molecule has 0 saturated heterocycles. The molecule has 0 aromatic rings. The Balaban J connectivity index is 2.19. The minimum absolute atomic E-state index is 0.108. The molecule has 0 atom stereocenters. The molecule has 30 valence electrons. The summed E-state index contributed by atoms with van der Waals surface area (Å²) in [5, 5.41) is 10.2. The fourth-order valence-electron chi connectivity index (χ4n) is 0.0645. The normalized spacial score (nSPS) is 8.40. The molecule has 2 radical (unpaired) electrons. The summed E-state index contributed by atoms with van der Waals surface area (Å²) >= 11 is 0. The van der Waals surface area contributed by atoms with Gasteiger partial charge >= 0.3 is 0 Å². The highest BCUT2D eigenvalue weighted by molar-refractivity contribution is 4.33. The topological polar surface area (TPSA) is 32.3 Å². The lowest BCUT2D eigenvalue weighted by Crippen LogP contribution is -2.07. The van der Waals surface area contributed by atoms with Gasteiger partial charge in [-0.1, -0.05) is 0 Å². The fraction of sp³-hybridized carbons (Fsp3) is 0.667. The highest BCUT2D eigenvalue weighted by Crippen LogP contribution is 1.44. The van der Waals surface area contributed by atoms with Crippen LogP contribution >= 0.6 is 0 Å². The number of nitrogens with one attached hydrogen (secondary N) is 1. The molecule has 0 heterocycles. The Morgan fingerprint density at radius 1 is 1.80 bits per heavy atom. The van der Waals surface area contributed by atoms with Crippen molar-refractivity contribution in [3.8, 4) is 0 Å². The molecule has 5 heavy (non-hydrogen) atoms. The molecule has 0 bridgehead atoms. The third kappa shape index (κ3) is 3.92. The van der Waals surface area contributed by atoms with Crippen LogP contribution in [0.1, 0.15) is 0 Å². The van der Waals surface area contributed by atoms with Crippen LogP contribution in [0.25, 0.3) is 0 Å². The van der Waals surface area contributed by atoms with E-state index >= 15 is 0 Å². The lowest BCUT2D eigenvalue weighted by molar-refractivity contribution is 0.298. The molecule has 0 spiro atoms. The average Bonchev–Trinajstić information content (AvgIpc) is 1.41. The Bertz CT molecular complexity index is 14.4. The Morgan fingerprint density at radius 3 is 2.40 bits per heavy atom. The van der Waals surface area contributed by atoms with E-state index in [0.717, 1.165) is 0 Å². The second-order valence-corrected chi connectivity index (χ2v) is 0.678. The summed E-state index contributed by atoms with van der Waals surface area (Å²) in [6.07, 6.45) is 0. The van der Waals surface area contributed by atoms with Crippen molar-refractivity contribution in [3.05, 3.63) is 7.05 Å². The summed E-state index contributed by atoms with van der Waals surface area (Å²) < 4.78 is 0. The zero-order valence-electron chi connectivity index (χ0n) is 2.94. The van der Waals surface area contributed by atoms with Gasteiger partial charge in [-0.05, 0) is 0 Å². The average molecular weight is 73.1 g/mol. The number of aliphatic hydroxyl groups is 1. The molecule has 0 amide bonds. The minimum atomic E-state index is 0.108. The fourth-order valence-corrected chi connectivity index (χ4v) is 0.0645. The maximum Gasteiger partial charge on any atom is 0.0556 e. The third-order valence-corrected chi connectivity index (χ3v) is 0.256. The molecular formula is C3H7NO. The molecule has 0 aliphatic heterocycles. The molecule has 0 saturated carbocycles. The highest BCUT2D eigenvalue weighted by Gasteiger charge is 1.66. The summed E-state index contributed by atoms with van der Waals surface area (Å²) in [7, 11) is 4.73. The SMILES string of the molecule is [CH]NCCO. The van der Waals surface area contributed by atoms with Gasteiger partial charge in [0.05, 0.1) is 6.61 Å². The molecule has 2 nitrogen and oxygen atoms in total. The summed E-state index contributed by atoms with van der Waals surface area (Å²) in [5.74, 6) is 0. The van der Waals surface area contributed by atoms with Crippen molar-refractivity contribution >= 4 is 0 Å². The summed E-state index contributed by atoms with van der Waals surface area (Å²) in [4.78, 5) is 0. The van der Waals surface area contributed by atoms with Crippen LogP contribution in [0.4, 0.5) is 0 Å². The largest absolute Gasteiger partial charge is 0.395 e. The maximum absolute atomic E-state index is 7.92. The van der Waals surface area contributed by atoms with Gasteiger partial charge in [0.1, 0.15) is 0 Å². The highest BCUT2D eigenvalue weighted by atomic mass is 16.3. The summed E-state index contributed by atoms with van der Waals surface area (Å²) in [6.45, 7) is 0.580. The van der Waals surface area contributed by atoms with E-state index in [9.17, 15) is 0 Å². The molecule has 0 aromatic carbocycles. The van der Waals surface area contributed by atoms with Crippen LogP contribution in [0, 0.1) is 7.05 Å². The lowest BCUT2D eigenvalue weighted by Gasteiger charge is -1.83. The van der Waals surface area contributed by atoms with Crippen molar-refractivity contribution in [3.63, 3.8) is 0 Å². The zero-order chi connectivity index (χ0) is 4.12. The van der Waals surface area contributed by atoms with Crippen molar-refractivity contribution < 1.29 is 5.11 Å². The van der Waals surface area contributed by atoms with E-state index < -0.39 is 0 Å². The first-order valence-corrected chi connectivity index (χ1v) is 1.46. The van der Waals surface area contributed by atoms with Gasteiger partial charge in [0.25, 0.3) is 0 Å². The van der Waals surface area contributed by atoms with Gasteiger partial charge in [-0.15, -0.1) is 0 Å². The first-order chi connectivity index (χ1) is 2.41. The summed E-state index contributed by atoms with van der Waals surface area (Å²) in [6, 6.07) is 0. The van der Waals surface area contributed by atoms with Crippen molar-refractivity contribution in [2.45, 2.75) is 0 Å². The molecule has 0 aromatic heterocycles. The van der Waals surface area contributed by atoms with Crippen molar-refractivity contribution in [1.29, 1.82) is 0 Å². The van der Waals surface area contributed by atoms with Crippen molar-refractivity contribution in [2.75, 3.05) is 13.2 Å². The van der Waals surface area contributed by atoms with Gasteiger partial charge in [-0.2, -0.15) is 0 Å². The second-order valence-electron chi connectivity index (χ2n) is 0.678. The van der Waals surface area contributed by atoms with E-state index in [0.29, 0.717) is 6.54 Å². The van der Waals surface area contributed by atoms with Crippen LogP contribution in [-0.2, 0) is 0 Å². The van der Waals surface area contributed by atoms with Gasteiger partial charge in [0.15, 0.2) is 0 Å². The van der Waals surface area contributed by atoms with Crippen LogP contribution in [0.3, 0.4) is 0 Å². The predicted octanol–water partition coefficient (Wildman–Crippen LogP) is -0.763. The molecule has 0 aliphatic carbocycles. The molecule has 0 rings (SSSR count). The minimum Gasteiger partial charge on any atom is -0.395 e. The van der Waals surface area contributed by atoms with Crippen LogP contribution in [0.15, 0.2) is 0 Å². The van der Waals surface area contributed by atoms with Gasteiger partial charge < -0.3 is 10.4 Å². The smallest absolute Gasteiger partial charge is 0.0556 e. The predicted molar refractivity (Wildman–Crippen MR) is 19.4 cm³/mol. The second kappa shape index (κ2) is 3.92. The van der Waals surface area contributed by atoms with E-state index in [-0.39, 0.29) is 6.61 Å². The van der Waals surface area contributed by atoms with Gasteiger partial charge in [-0.25, -0.2) is 0 Å². The molecular weight excluding hydrogens is 66.0 g/mol. The number of rotatable bonds is 2. The first-order valence-electron chi connectivity index (χ1n) is 1.46. The molecule has 2 N–H and O–H groups in total.